The summed E-state index contributed by atoms with van der Waals surface area (Å²) in [6, 6.07) is 25.7. The van der Waals surface area contributed by atoms with Gasteiger partial charge in [-0.15, -0.1) is 0 Å². The second kappa shape index (κ2) is 8.88. The molecule has 1 aliphatic heterocycles. The maximum atomic E-state index is 12.9. The van der Waals surface area contributed by atoms with E-state index in [0.717, 1.165) is 11.8 Å². The summed E-state index contributed by atoms with van der Waals surface area (Å²) in [5.41, 5.74) is -0.307. The Labute approximate surface area is 220 Å². The van der Waals surface area contributed by atoms with Crippen molar-refractivity contribution in [3.63, 3.8) is 0 Å². The minimum atomic E-state index is -0.307. The summed E-state index contributed by atoms with van der Waals surface area (Å²) in [6.07, 6.45) is 6.31. The summed E-state index contributed by atoms with van der Waals surface area (Å²) in [5, 5.41) is 0. The molecule has 0 amide bonds. The molecule has 0 spiro atoms. The molecule has 1 heterocycles. The third kappa shape index (κ3) is 3.86. The molecule has 36 heavy (non-hydrogen) atoms. The van der Waals surface area contributed by atoms with E-state index < -0.39 is 0 Å². The fourth-order valence-corrected chi connectivity index (χ4v) is 11.0. The van der Waals surface area contributed by atoms with E-state index in [-0.39, 0.29) is 29.1 Å². The molecule has 3 nitrogen and oxygen atoms in total. The zero-order valence-corrected chi connectivity index (χ0v) is 22.2. The van der Waals surface area contributed by atoms with Crippen molar-refractivity contribution in [2.45, 2.75) is 69.1 Å². The Morgan fingerprint density at radius 2 is 1.39 bits per heavy atom. The van der Waals surface area contributed by atoms with E-state index in [0.29, 0.717) is 17.6 Å². The van der Waals surface area contributed by atoms with Gasteiger partial charge in [-0.3, -0.25) is 0 Å². The van der Waals surface area contributed by atoms with Gasteiger partial charge in [0, 0.05) is 0 Å². The molecule has 8 rings (SSSR count). The van der Waals surface area contributed by atoms with Gasteiger partial charge >= 0.3 is 5.97 Å². The van der Waals surface area contributed by atoms with E-state index in [1.165, 1.54) is 56.6 Å². The van der Waals surface area contributed by atoms with Crippen molar-refractivity contribution in [2.75, 3.05) is 6.61 Å². The van der Waals surface area contributed by atoms with Gasteiger partial charge in [0.05, 0.1) is 9.79 Å². The monoisotopic (exact) mass is 515 g/mol. The lowest BCUT2D eigenvalue weighted by Crippen LogP contribution is -2.58. The quantitative estimate of drug-likeness (QED) is 0.205. The van der Waals surface area contributed by atoms with E-state index >= 15 is 0 Å². The number of hydrogen-bond donors (Lipinski definition) is 0. The lowest BCUT2D eigenvalue weighted by molar-refractivity contribution is -0.204. The zero-order valence-electron chi connectivity index (χ0n) is 20.5. The number of ether oxygens (including phenoxy) is 2. The first-order valence-electron chi connectivity index (χ1n) is 13.1. The second-order valence-corrected chi connectivity index (χ2v) is 14.1. The summed E-state index contributed by atoms with van der Waals surface area (Å²) in [6.45, 7) is 2.15. The molecule has 184 valence electrons. The molecule has 0 N–H and O–H groups in total. The van der Waals surface area contributed by atoms with Crippen molar-refractivity contribution in [2.24, 2.45) is 23.7 Å². The third-order valence-corrected chi connectivity index (χ3v) is 12.6. The van der Waals surface area contributed by atoms with E-state index in [2.05, 4.69) is 67.6 Å². The molecule has 0 atom stereocenters. The standard InChI is InChI=1S/C31H31O3S2/c1-31(22-15-20-14-21(17-22)18-23(31)16-20)34-30(32)19-33-24-10-12-25(13-11-24)36-28-8-4-2-6-26(28)35-27-7-3-5-9-29(27)36/h2-13,20-23H,14-19H2,1H3/q+1. The number of rotatable bonds is 5. The molecule has 3 aromatic carbocycles. The number of carbonyl (C=O) groups is 1. The minimum Gasteiger partial charge on any atom is -0.482 e. The number of fused-ring (bicyclic) bond motifs is 2. The zero-order chi connectivity index (χ0) is 24.3. The van der Waals surface area contributed by atoms with Crippen molar-refractivity contribution in [1.82, 2.24) is 0 Å². The van der Waals surface area contributed by atoms with Crippen LogP contribution in [0.15, 0.2) is 97.3 Å². The van der Waals surface area contributed by atoms with E-state index in [1.807, 2.05) is 23.9 Å². The highest BCUT2D eigenvalue weighted by Gasteiger charge is 2.57. The van der Waals surface area contributed by atoms with Crippen molar-refractivity contribution in [1.29, 1.82) is 0 Å². The van der Waals surface area contributed by atoms with Crippen LogP contribution >= 0.6 is 11.8 Å². The van der Waals surface area contributed by atoms with Gasteiger partial charge in [0.25, 0.3) is 0 Å². The van der Waals surface area contributed by atoms with Crippen LogP contribution in [0.1, 0.15) is 39.0 Å². The molecule has 4 bridgehead atoms. The van der Waals surface area contributed by atoms with Crippen LogP contribution in [0.4, 0.5) is 0 Å². The molecule has 0 radical (unpaired) electrons. The van der Waals surface area contributed by atoms with Gasteiger partial charge in [-0.2, -0.15) is 0 Å². The fourth-order valence-electron chi connectivity index (χ4n) is 7.27. The van der Waals surface area contributed by atoms with Gasteiger partial charge < -0.3 is 9.47 Å². The molecule has 4 fully saturated rings. The Bertz CT molecular complexity index is 1230. The van der Waals surface area contributed by atoms with Crippen LogP contribution in [0, 0.1) is 23.7 Å². The molecule has 4 aliphatic carbocycles. The van der Waals surface area contributed by atoms with E-state index in [9.17, 15) is 4.79 Å². The number of esters is 1. The van der Waals surface area contributed by atoms with E-state index in [4.69, 9.17) is 9.47 Å². The summed E-state index contributed by atoms with van der Waals surface area (Å²) in [7, 11) is -0.160. The van der Waals surface area contributed by atoms with Crippen molar-refractivity contribution >= 4 is 28.6 Å². The molecule has 0 aromatic heterocycles. The molecule has 0 saturated heterocycles. The van der Waals surface area contributed by atoms with Crippen LogP contribution in [-0.2, 0) is 20.4 Å². The van der Waals surface area contributed by atoms with Gasteiger partial charge in [-0.05, 0) is 111 Å². The number of hydrogen-bond acceptors (Lipinski definition) is 4. The minimum absolute atomic E-state index is 0.0325. The van der Waals surface area contributed by atoms with Gasteiger partial charge in [-0.25, -0.2) is 4.79 Å². The summed E-state index contributed by atoms with van der Waals surface area (Å²) >= 11 is 1.85. The molecule has 5 heteroatoms. The van der Waals surface area contributed by atoms with Crippen LogP contribution in [0.2, 0.25) is 0 Å². The van der Waals surface area contributed by atoms with E-state index in [1.54, 1.807) is 0 Å². The molecular formula is C31H31O3S2+. The SMILES string of the molecule is CC1(OC(=O)COc2ccc([S+]3c4ccccc4Sc4ccccc43)cc2)C2CC3CC(C2)CC1C3. The van der Waals surface area contributed by atoms with Crippen LogP contribution in [0.5, 0.6) is 5.75 Å². The van der Waals surface area contributed by atoms with Crippen LogP contribution in [0.25, 0.3) is 0 Å². The Morgan fingerprint density at radius 3 is 1.97 bits per heavy atom. The normalized spacial score (nSPS) is 29.9. The first-order chi connectivity index (χ1) is 17.6. The van der Waals surface area contributed by atoms with Crippen LogP contribution in [0.3, 0.4) is 0 Å². The Morgan fingerprint density at radius 1 is 0.833 bits per heavy atom. The number of carbonyl (C=O) groups excluding carboxylic acids is 1. The average molecular weight is 516 g/mol. The highest BCUT2D eigenvalue weighted by atomic mass is 32.2. The average Bonchev–Trinajstić information content (AvgIpc) is 2.89. The summed E-state index contributed by atoms with van der Waals surface area (Å²) < 4.78 is 12.1. The predicted molar refractivity (Wildman–Crippen MR) is 143 cm³/mol. The van der Waals surface area contributed by atoms with Crippen molar-refractivity contribution < 1.29 is 14.3 Å². The van der Waals surface area contributed by atoms with Crippen molar-refractivity contribution in [3.8, 4) is 5.75 Å². The Kier molecular flexibility index (Phi) is 5.62. The van der Waals surface area contributed by atoms with Gasteiger partial charge in [0.2, 0.25) is 0 Å². The molecule has 0 unspecified atom stereocenters. The first-order valence-corrected chi connectivity index (χ1v) is 15.2. The highest BCUT2D eigenvalue weighted by Crippen LogP contribution is 2.59. The molecule has 4 saturated carbocycles. The topological polar surface area (TPSA) is 35.5 Å². The fraction of sp³-hybridized carbons (Fsp3) is 0.387. The van der Waals surface area contributed by atoms with Gasteiger partial charge in [0.1, 0.15) is 22.2 Å². The van der Waals surface area contributed by atoms with Gasteiger partial charge in [-0.1, -0.05) is 36.0 Å². The number of benzene rings is 3. The first kappa shape index (κ1) is 22.8. The lowest BCUT2D eigenvalue weighted by Gasteiger charge is -2.59. The Hall–Kier alpha value is -2.37. The lowest BCUT2D eigenvalue weighted by atomic mass is 9.50. The maximum Gasteiger partial charge on any atom is 0.344 e. The van der Waals surface area contributed by atoms with Crippen LogP contribution < -0.4 is 4.74 Å². The highest BCUT2D eigenvalue weighted by molar-refractivity contribution is 8.04. The van der Waals surface area contributed by atoms with Crippen LogP contribution in [-0.4, -0.2) is 18.2 Å². The molecule has 5 aliphatic rings. The van der Waals surface area contributed by atoms with Crippen molar-refractivity contribution in [3.05, 3.63) is 72.8 Å². The smallest absolute Gasteiger partial charge is 0.344 e. The molecular weight excluding hydrogens is 484 g/mol. The predicted octanol–water partition coefficient (Wildman–Crippen LogP) is 7.38. The largest absolute Gasteiger partial charge is 0.482 e. The second-order valence-electron chi connectivity index (χ2n) is 11.0. The summed E-state index contributed by atoms with van der Waals surface area (Å²) in [4.78, 5) is 19.5. The molecule has 3 aromatic rings. The Balaban J connectivity index is 1.05. The van der Waals surface area contributed by atoms with Gasteiger partial charge in [0.15, 0.2) is 21.3 Å². The summed E-state index contributed by atoms with van der Waals surface area (Å²) in [5.74, 6) is 3.24. The maximum absolute atomic E-state index is 12.9. The third-order valence-electron chi connectivity index (χ3n) is 8.87.